The standard InChI is InChI=1S/C16H16BrClO/c1-11-6-13(10-14(17)7-11)16(18)9-12-4-3-5-15(8-12)19-2/h3-8,10,16H,9H2,1-2H3. The minimum absolute atomic E-state index is 0.0386. The van der Waals surface area contributed by atoms with Crippen molar-refractivity contribution in [2.75, 3.05) is 7.11 Å². The normalized spacial score (nSPS) is 12.2. The van der Waals surface area contributed by atoms with Crippen LogP contribution in [-0.2, 0) is 6.42 Å². The summed E-state index contributed by atoms with van der Waals surface area (Å²) >= 11 is 10.0. The number of benzene rings is 2. The molecule has 19 heavy (non-hydrogen) atoms. The first-order valence-corrected chi connectivity index (χ1v) is 7.35. The van der Waals surface area contributed by atoms with E-state index in [-0.39, 0.29) is 5.38 Å². The zero-order chi connectivity index (χ0) is 13.8. The van der Waals surface area contributed by atoms with E-state index in [2.05, 4.69) is 47.1 Å². The molecule has 0 radical (unpaired) electrons. The van der Waals surface area contributed by atoms with Gasteiger partial charge in [-0.05, 0) is 54.3 Å². The quantitative estimate of drug-likeness (QED) is 0.688. The molecule has 0 fully saturated rings. The fourth-order valence-electron chi connectivity index (χ4n) is 2.07. The summed E-state index contributed by atoms with van der Waals surface area (Å²) in [4.78, 5) is 0. The summed E-state index contributed by atoms with van der Waals surface area (Å²) in [6.07, 6.45) is 0.786. The Morgan fingerprint density at radius 3 is 2.68 bits per heavy atom. The number of hydrogen-bond donors (Lipinski definition) is 0. The average Bonchev–Trinajstić information content (AvgIpc) is 2.37. The van der Waals surface area contributed by atoms with Crippen molar-refractivity contribution in [1.29, 1.82) is 0 Å². The Morgan fingerprint density at radius 2 is 2.00 bits per heavy atom. The summed E-state index contributed by atoms with van der Waals surface area (Å²) < 4.78 is 6.30. The van der Waals surface area contributed by atoms with Gasteiger partial charge in [-0.1, -0.05) is 34.1 Å². The van der Waals surface area contributed by atoms with Crippen LogP contribution < -0.4 is 4.74 Å². The van der Waals surface area contributed by atoms with Crippen LogP contribution in [0.25, 0.3) is 0 Å². The van der Waals surface area contributed by atoms with Crippen LogP contribution >= 0.6 is 27.5 Å². The van der Waals surface area contributed by atoms with E-state index in [0.29, 0.717) is 0 Å². The zero-order valence-electron chi connectivity index (χ0n) is 11.0. The second-order valence-corrected chi connectivity index (χ2v) is 6.03. The van der Waals surface area contributed by atoms with Crippen LogP contribution in [0.1, 0.15) is 22.1 Å². The van der Waals surface area contributed by atoms with Crippen LogP contribution in [0, 0.1) is 6.92 Å². The molecule has 1 atom stereocenters. The van der Waals surface area contributed by atoms with Gasteiger partial charge >= 0.3 is 0 Å². The van der Waals surface area contributed by atoms with Crippen LogP contribution in [0.5, 0.6) is 5.75 Å². The lowest BCUT2D eigenvalue weighted by molar-refractivity contribution is 0.414. The fourth-order valence-corrected chi connectivity index (χ4v) is 3.00. The molecule has 0 saturated carbocycles. The Bertz CT molecular complexity index is 548. The van der Waals surface area contributed by atoms with Gasteiger partial charge in [0.15, 0.2) is 0 Å². The largest absolute Gasteiger partial charge is 0.497 e. The van der Waals surface area contributed by atoms with Gasteiger partial charge in [0.2, 0.25) is 0 Å². The Hall–Kier alpha value is -0.990. The summed E-state index contributed by atoms with van der Waals surface area (Å²) in [5.74, 6) is 0.867. The summed E-state index contributed by atoms with van der Waals surface area (Å²) in [7, 11) is 1.68. The molecule has 0 aliphatic heterocycles. The summed E-state index contributed by atoms with van der Waals surface area (Å²) in [5.41, 5.74) is 3.52. The second-order valence-electron chi connectivity index (χ2n) is 4.59. The van der Waals surface area contributed by atoms with E-state index in [1.807, 2.05) is 18.2 Å². The summed E-state index contributed by atoms with van der Waals surface area (Å²) in [5, 5.41) is -0.0386. The average molecular weight is 340 g/mol. The Morgan fingerprint density at radius 1 is 1.21 bits per heavy atom. The molecule has 2 aromatic carbocycles. The highest BCUT2D eigenvalue weighted by atomic mass is 79.9. The van der Waals surface area contributed by atoms with E-state index in [0.717, 1.165) is 22.2 Å². The highest BCUT2D eigenvalue weighted by Crippen LogP contribution is 2.29. The van der Waals surface area contributed by atoms with Crippen molar-refractivity contribution >= 4 is 27.5 Å². The zero-order valence-corrected chi connectivity index (χ0v) is 13.3. The van der Waals surface area contributed by atoms with Crippen molar-refractivity contribution in [3.05, 3.63) is 63.6 Å². The topological polar surface area (TPSA) is 9.23 Å². The van der Waals surface area contributed by atoms with Gasteiger partial charge < -0.3 is 4.74 Å². The Kier molecular flexibility index (Phi) is 4.89. The third-order valence-corrected chi connectivity index (χ3v) is 3.84. The van der Waals surface area contributed by atoms with Crippen LogP contribution in [-0.4, -0.2) is 7.11 Å². The van der Waals surface area contributed by atoms with E-state index < -0.39 is 0 Å². The predicted molar refractivity (Wildman–Crippen MR) is 84.2 cm³/mol. The maximum absolute atomic E-state index is 6.52. The second kappa shape index (κ2) is 6.44. The molecule has 3 heteroatoms. The number of methoxy groups -OCH3 is 1. The maximum atomic E-state index is 6.52. The van der Waals surface area contributed by atoms with Gasteiger partial charge in [0, 0.05) is 4.47 Å². The molecule has 0 spiro atoms. The van der Waals surface area contributed by atoms with Crippen molar-refractivity contribution in [2.24, 2.45) is 0 Å². The van der Waals surface area contributed by atoms with Crippen molar-refractivity contribution in [2.45, 2.75) is 18.7 Å². The molecule has 0 aliphatic carbocycles. The Balaban J connectivity index is 2.17. The molecule has 0 bridgehead atoms. The molecule has 0 aliphatic rings. The maximum Gasteiger partial charge on any atom is 0.119 e. The minimum Gasteiger partial charge on any atom is -0.497 e. The van der Waals surface area contributed by atoms with Gasteiger partial charge in [0.1, 0.15) is 5.75 Å². The van der Waals surface area contributed by atoms with Crippen molar-refractivity contribution in [3.63, 3.8) is 0 Å². The lowest BCUT2D eigenvalue weighted by Crippen LogP contribution is -1.97. The molecular weight excluding hydrogens is 324 g/mol. The monoisotopic (exact) mass is 338 g/mol. The van der Waals surface area contributed by atoms with Gasteiger partial charge in [-0.2, -0.15) is 0 Å². The number of hydrogen-bond acceptors (Lipinski definition) is 1. The highest BCUT2D eigenvalue weighted by molar-refractivity contribution is 9.10. The molecule has 2 aromatic rings. The molecule has 0 heterocycles. The van der Waals surface area contributed by atoms with Gasteiger partial charge in [-0.15, -0.1) is 11.6 Å². The van der Waals surface area contributed by atoms with Crippen molar-refractivity contribution < 1.29 is 4.74 Å². The number of rotatable bonds is 4. The third-order valence-electron chi connectivity index (χ3n) is 2.98. The van der Waals surface area contributed by atoms with Crippen LogP contribution in [0.2, 0.25) is 0 Å². The minimum atomic E-state index is -0.0386. The number of ether oxygens (including phenoxy) is 1. The third kappa shape index (κ3) is 3.99. The Labute approximate surface area is 127 Å². The first-order chi connectivity index (χ1) is 9.08. The van der Waals surface area contributed by atoms with E-state index in [4.69, 9.17) is 16.3 Å². The lowest BCUT2D eigenvalue weighted by atomic mass is 10.0. The number of alkyl halides is 1. The van der Waals surface area contributed by atoms with E-state index in [9.17, 15) is 0 Å². The van der Waals surface area contributed by atoms with Crippen LogP contribution in [0.3, 0.4) is 0 Å². The molecule has 1 nitrogen and oxygen atoms in total. The van der Waals surface area contributed by atoms with Crippen LogP contribution in [0.15, 0.2) is 46.9 Å². The molecule has 2 rings (SSSR count). The predicted octanol–water partition coefficient (Wildman–Crippen LogP) is 5.29. The van der Waals surface area contributed by atoms with Gasteiger partial charge in [-0.25, -0.2) is 0 Å². The highest BCUT2D eigenvalue weighted by Gasteiger charge is 2.10. The van der Waals surface area contributed by atoms with Crippen molar-refractivity contribution in [3.8, 4) is 5.75 Å². The molecule has 0 saturated heterocycles. The number of halogens is 2. The first kappa shape index (κ1) is 14.4. The van der Waals surface area contributed by atoms with Gasteiger partial charge in [-0.3, -0.25) is 0 Å². The van der Waals surface area contributed by atoms with Gasteiger partial charge in [0.05, 0.1) is 12.5 Å². The lowest BCUT2D eigenvalue weighted by Gasteiger charge is -2.12. The first-order valence-electron chi connectivity index (χ1n) is 6.12. The molecule has 0 aromatic heterocycles. The molecule has 0 amide bonds. The van der Waals surface area contributed by atoms with E-state index in [1.165, 1.54) is 11.1 Å². The molecule has 100 valence electrons. The van der Waals surface area contributed by atoms with Crippen LogP contribution in [0.4, 0.5) is 0 Å². The summed E-state index contributed by atoms with van der Waals surface area (Å²) in [6, 6.07) is 14.3. The molecular formula is C16H16BrClO. The molecule has 0 N–H and O–H groups in total. The SMILES string of the molecule is COc1cccc(CC(Cl)c2cc(C)cc(Br)c2)c1. The van der Waals surface area contributed by atoms with E-state index in [1.54, 1.807) is 7.11 Å². The smallest absolute Gasteiger partial charge is 0.119 e. The fraction of sp³-hybridized carbons (Fsp3) is 0.250. The summed E-state index contributed by atoms with van der Waals surface area (Å²) in [6.45, 7) is 2.07. The van der Waals surface area contributed by atoms with Gasteiger partial charge in [0.25, 0.3) is 0 Å². The van der Waals surface area contributed by atoms with Crippen molar-refractivity contribution in [1.82, 2.24) is 0 Å². The number of aryl methyl sites for hydroxylation is 1. The molecule has 1 unspecified atom stereocenters. The van der Waals surface area contributed by atoms with E-state index >= 15 is 0 Å².